The zero-order chi connectivity index (χ0) is 29.4. The van der Waals surface area contributed by atoms with Gasteiger partial charge in [0.2, 0.25) is 5.95 Å². The molecular weight excluding hydrogens is 576 g/mol. The first-order valence-electron chi connectivity index (χ1n) is 13.4. The Balaban J connectivity index is 0.000000300. The summed E-state index contributed by atoms with van der Waals surface area (Å²) in [6, 6.07) is 15.1. The summed E-state index contributed by atoms with van der Waals surface area (Å²) in [4.78, 5) is 16.1. The van der Waals surface area contributed by atoms with Crippen molar-refractivity contribution in [3.8, 4) is 11.4 Å². The molecule has 3 aromatic heterocycles. The summed E-state index contributed by atoms with van der Waals surface area (Å²) in [5.74, 6) is 2.11. The molecule has 5 aromatic rings. The maximum atomic E-state index is 10.4. The fourth-order valence-corrected chi connectivity index (χ4v) is 5.80. The summed E-state index contributed by atoms with van der Waals surface area (Å²) in [6.45, 7) is 4.48. The number of hydrogen-bond acceptors (Lipinski definition) is 11. The third-order valence-corrected chi connectivity index (χ3v) is 8.60. The highest BCUT2D eigenvalue weighted by atomic mass is 32.2. The summed E-state index contributed by atoms with van der Waals surface area (Å²) in [5.41, 5.74) is 3.02. The van der Waals surface area contributed by atoms with Gasteiger partial charge in [0, 0.05) is 36.8 Å². The average Bonchev–Trinajstić information content (AvgIpc) is 3.74. The van der Waals surface area contributed by atoms with Gasteiger partial charge in [-0.15, -0.1) is 16.4 Å². The van der Waals surface area contributed by atoms with Crippen LogP contribution in [0.3, 0.4) is 0 Å². The smallest absolute Gasteiger partial charge is 0.294 e. The second-order valence-corrected chi connectivity index (χ2v) is 11.8. The van der Waals surface area contributed by atoms with Crippen molar-refractivity contribution < 1.29 is 17.7 Å². The van der Waals surface area contributed by atoms with Crippen LogP contribution < -0.4 is 9.64 Å². The highest BCUT2D eigenvalue weighted by molar-refractivity contribution is 7.85. The predicted molar refractivity (Wildman–Crippen MR) is 157 cm³/mol. The molecule has 0 atom stereocenters. The molecule has 12 nitrogen and oxygen atoms in total. The zero-order valence-corrected chi connectivity index (χ0v) is 24.5. The van der Waals surface area contributed by atoms with E-state index in [2.05, 4.69) is 42.7 Å². The van der Waals surface area contributed by atoms with Crippen LogP contribution >= 0.6 is 11.3 Å². The van der Waals surface area contributed by atoms with E-state index < -0.39 is 10.1 Å². The van der Waals surface area contributed by atoms with Crippen LogP contribution in [-0.2, 0) is 23.1 Å². The van der Waals surface area contributed by atoms with E-state index in [1.54, 1.807) is 40.5 Å². The summed E-state index contributed by atoms with van der Waals surface area (Å²) < 4.78 is 36.8. The molecule has 0 saturated carbocycles. The third kappa shape index (κ3) is 7.72. The van der Waals surface area contributed by atoms with Gasteiger partial charge in [-0.3, -0.25) is 4.55 Å². The Kier molecular flexibility index (Phi) is 9.46. The normalized spacial score (nSPS) is 13.8. The van der Waals surface area contributed by atoms with E-state index >= 15 is 0 Å². The van der Waals surface area contributed by atoms with Gasteiger partial charge in [0.1, 0.15) is 18.7 Å². The predicted octanol–water partition coefficient (Wildman–Crippen LogP) is 4.37. The van der Waals surface area contributed by atoms with Crippen LogP contribution in [0, 0.1) is 0 Å². The summed E-state index contributed by atoms with van der Waals surface area (Å²) in [6.07, 6.45) is 8.51. The molecule has 2 aromatic carbocycles. The number of tetrazole rings is 1. The van der Waals surface area contributed by atoms with Crippen molar-refractivity contribution in [2.24, 2.45) is 0 Å². The van der Waals surface area contributed by atoms with E-state index in [9.17, 15) is 8.42 Å². The number of ether oxygens (including phenoxy) is 1. The first-order valence-corrected chi connectivity index (χ1v) is 15.7. The van der Waals surface area contributed by atoms with Crippen LogP contribution in [0.5, 0.6) is 5.75 Å². The SMILES string of the molecule is CCc1cnc(N2CCC(c3nc(COc4ccc(-n5cnnn5)cc4)cs3)CC2)nc1.O=S(=O)(O)c1ccccc1. The van der Waals surface area contributed by atoms with E-state index in [1.807, 2.05) is 36.7 Å². The lowest BCUT2D eigenvalue weighted by atomic mass is 9.98. The summed E-state index contributed by atoms with van der Waals surface area (Å²) in [7, 11) is -4.00. The molecule has 1 aliphatic rings. The van der Waals surface area contributed by atoms with Gasteiger partial charge in [0.25, 0.3) is 10.1 Å². The number of benzene rings is 2. The third-order valence-electron chi connectivity index (χ3n) is 6.67. The fourth-order valence-electron chi connectivity index (χ4n) is 4.32. The van der Waals surface area contributed by atoms with E-state index in [-0.39, 0.29) is 4.90 Å². The molecule has 0 radical (unpaired) electrons. The molecule has 6 rings (SSSR count). The Bertz CT molecular complexity index is 1640. The monoisotopic (exact) mass is 606 g/mol. The maximum Gasteiger partial charge on any atom is 0.294 e. The Morgan fingerprint density at radius 3 is 2.33 bits per heavy atom. The van der Waals surface area contributed by atoms with E-state index in [1.165, 1.54) is 22.7 Å². The van der Waals surface area contributed by atoms with Gasteiger partial charge in [0.15, 0.2) is 0 Å². The van der Waals surface area contributed by atoms with Crippen LogP contribution in [0.1, 0.15) is 41.9 Å². The molecule has 0 unspecified atom stereocenters. The van der Waals surface area contributed by atoms with E-state index in [0.29, 0.717) is 12.5 Å². The van der Waals surface area contributed by atoms with Crippen LogP contribution in [0.25, 0.3) is 5.69 Å². The molecule has 42 heavy (non-hydrogen) atoms. The number of thiazole rings is 1. The lowest BCUT2D eigenvalue weighted by Gasteiger charge is -2.31. The van der Waals surface area contributed by atoms with Gasteiger partial charge in [-0.05, 0) is 71.7 Å². The molecule has 0 aliphatic carbocycles. The van der Waals surface area contributed by atoms with Crippen molar-refractivity contribution in [1.29, 1.82) is 0 Å². The maximum absolute atomic E-state index is 10.4. The van der Waals surface area contributed by atoms with Gasteiger partial charge in [-0.2, -0.15) is 8.42 Å². The van der Waals surface area contributed by atoms with E-state index in [0.717, 1.165) is 55.4 Å². The first-order chi connectivity index (χ1) is 20.4. The van der Waals surface area contributed by atoms with Crippen molar-refractivity contribution in [3.05, 3.63) is 95.0 Å². The molecule has 14 heteroatoms. The number of aryl methyl sites for hydroxylation is 1. The second kappa shape index (κ2) is 13.6. The van der Waals surface area contributed by atoms with Crippen LogP contribution in [0.15, 0.2) is 83.6 Å². The molecule has 1 saturated heterocycles. The van der Waals surface area contributed by atoms with Gasteiger partial charge >= 0.3 is 0 Å². The first kappa shape index (κ1) is 29.2. The minimum atomic E-state index is -4.00. The number of piperidine rings is 1. The van der Waals surface area contributed by atoms with Gasteiger partial charge in [0.05, 0.1) is 21.3 Å². The average molecular weight is 607 g/mol. The largest absolute Gasteiger partial charge is 0.487 e. The highest BCUT2D eigenvalue weighted by Crippen LogP contribution is 2.31. The molecule has 1 N–H and O–H groups in total. The summed E-state index contributed by atoms with van der Waals surface area (Å²) >= 11 is 1.73. The highest BCUT2D eigenvalue weighted by Gasteiger charge is 2.24. The lowest BCUT2D eigenvalue weighted by Crippen LogP contribution is -2.34. The second-order valence-electron chi connectivity index (χ2n) is 9.51. The Labute approximate surface area is 247 Å². The minimum absolute atomic E-state index is 0.0741. The van der Waals surface area contributed by atoms with Gasteiger partial charge in [-0.1, -0.05) is 25.1 Å². The number of anilines is 1. The number of rotatable bonds is 8. The Hall–Kier alpha value is -4.27. The lowest BCUT2D eigenvalue weighted by molar-refractivity contribution is 0.301. The van der Waals surface area contributed by atoms with Crippen LogP contribution in [-0.4, -0.2) is 61.2 Å². The summed E-state index contributed by atoms with van der Waals surface area (Å²) in [5, 5.41) is 14.5. The Morgan fingerprint density at radius 1 is 1.02 bits per heavy atom. The van der Waals surface area contributed by atoms with Crippen molar-refractivity contribution in [3.63, 3.8) is 0 Å². The van der Waals surface area contributed by atoms with Crippen molar-refractivity contribution >= 4 is 27.4 Å². The van der Waals surface area contributed by atoms with Crippen molar-refractivity contribution in [2.75, 3.05) is 18.0 Å². The minimum Gasteiger partial charge on any atom is -0.487 e. The molecule has 1 aliphatic heterocycles. The Morgan fingerprint density at radius 2 is 1.74 bits per heavy atom. The molecule has 1 fully saturated rings. The standard InChI is InChI=1S/C22H24N8OS.C6H6O3S/c1-2-16-11-23-22(24-12-16)29-9-7-17(8-10-29)21-26-18(14-32-21)13-31-20-5-3-19(4-6-20)30-15-25-27-28-30;7-10(8,9)6-4-2-1-3-5-6/h3-6,11-12,14-15,17H,2,7-10,13H2,1H3;1-5H,(H,7,8,9). The van der Waals surface area contributed by atoms with Crippen molar-refractivity contribution in [2.45, 2.75) is 43.6 Å². The topological polar surface area (TPSA) is 149 Å². The molecule has 0 amide bonds. The molecule has 218 valence electrons. The quantitative estimate of drug-likeness (QED) is 0.251. The van der Waals surface area contributed by atoms with Gasteiger partial charge < -0.3 is 9.64 Å². The number of nitrogens with zero attached hydrogens (tertiary/aromatic N) is 8. The molecule has 0 bridgehead atoms. The van der Waals surface area contributed by atoms with Gasteiger partial charge in [-0.25, -0.2) is 19.6 Å². The molecular formula is C28H30N8O4S2. The zero-order valence-electron chi connectivity index (χ0n) is 22.9. The molecule has 0 spiro atoms. The fraction of sp³-hybridized carbons (Fsp3) is 0.286. The number of aromatic nitrogens is 7. The van der Waals surface area contributed by atoms with E-state index in [4.69, 9.17) is 14.3 Å². The molecule has 4 heterocycles. The van der Waals surface area contributed by atoms with Crippen molar-refractivity contribution in [1.82, 2.24) is 35.2 Å². The van der Waals surface area contributed by atoms with Crippen LogP contribution in [0.2, 0.25) is 0 Å². The van der Waals surface area contributed by atoms with Crippen LogP contribution in [0.4, 0.5) is 5.95 Å². The number of hydrogen-bond donors (Lipinski definition) is 1.